The number of rotatable bonds is 4. The molecule has 23 heavy (non-hydrogen) atoms. The molecule has 0 aliphatic heterocycles. The van der Waals surface area contributed by atoms with Crippen LogP contribution in [-0.2, 0) is 6.42 Å². The number of hydrogen-bond acceptors (Lipinski definition) is 1. The van der Waals surface area contributed by atoms with Crippen LogP contribution in [0.2, 0.25) is 5.02 Å². The monoisotopic (exact) mass is 440 g/mol. The van der Waals surface area contributed by atoms with Crippen molar-refractivity contribution in [2.45, 2.75) is 6.42 Å². The minimum Gasteiger partial charge on any atom is -0.370 e. The summed E-state index contributed by atoms with van der Waals surface area (Å²) in [7, 11) is 0. The van der Waals surface area contributed by atoms with Gasteiger partial charge >= 0.3 is 0 Å². The van der Waals surface area contributed by atoms with Crippen LogP contribution in [0.5, 0.6) is 0 Å². The van der Waals surface area contributed by atoms with Crippen molar-refractivity contribution in [3.63, 3.8) is 0 Å². The fourth-order valence-electron chi connectivity index (χ4n) is 2.36. The SMILES string of the molecule is I.NC(=NCCc1c[nH]c2ccc(Cl)cc12)Nc1ccccc1. The van der Waals surface area contributed by atoms with Crippen LogP contribution in [0.1, 0.15) is 5.56 Å². The van der Waals surface area contributed by atoms with E-state index in [9.17, 15) is 0 Å². The molecular weight excluding hydrogens is 423 g/mol. The van der Waals surface area contributed by atoms with Gasteiger partial charge in [0.2, 0.25) is 0 Å². The summed E-state index contributed by atoms with van der Waals surface area (Å²) < 4.78 is 0. The second kappa shape index (κ2) is 8.21. The zero-order valence-corrected chi connectivity index (χ0v) is 15.5. The number of benzene rings is 2. The number of nitrogens with zero attached hydrogens (tertiary/aromatic N) is 1. The lowest BCUT2D eigenvalue weighted by Crippen LogP contribution is -2.22. The molecule has 0 saturated heterocycles. The molecule has 0 amide bonds. The number of guanidine groups is 1. The van der Waals surface area contributed by atoms with Crippen LogP contribution in [0.25, 0.3) is 10.9 Å². The van der Waals surface area contributed by atoms with Crippen LogP contribution in [0.4, 0.5) is 5.69 Å². The highest BCUT2D eigenvalue weighted by Crippen LogP contribution is 2.22. The molecule has 0 unspecified atom stereocenters. The Balaban J connectivity index is 0.00000192. The first-order valence-electron chi connectivity index (χ1n) is 7.10. The van der Waals surface area contributed by atoms with Crippen LogP contribution < -0.4 is 11.1 Å². The van der Waals surface area contributed by atoms with Crippen LogP contribution in [0, 0.1) is 0 Å². The highest BCUT2D eigenvalue weighted by atomic mass is 127. The molecule has 2 aromatic carbocycles. The summed E-state index contributed by atoms with van der Waals surface area (Å²) in [5.74, 6) is 0.420. The molecule has 0 atom stereocenters. The molecule has 120 valence electrons. The zero-order valence-electron chi connectivity index (χ0n) is 12.4. The first kappa shape index (κ1) is 17.6. The molecule has 0 radical (unpaired) electrons. The molecule has 0 aliphatic rings. The van der Waals surface area contributed by atoms with E-state index in [-0.39, 0.29) is 24.0 Å². The summed E-state index contributed by atoms with van der Waals surface area (Å²) in [5.41, 5.74) is 9.10. The lowest BCUT2D eigenvalue weighted by atomic mass is 10.1. The molecule has 1 heterocycles. The molecule has 0 fully saturated rings. The molecule has 3 aromatic rings. The van der Waals surface area contributed by atoms with Gasteiger partial charge in [0.25, 0.3) is 0 Å². The van der Waals surface area contributed by atoms with Gasteiger partial charge in [0.05, 0.1) is 0 Å². The van der Waals surface area contributed by atoms with Crippen molar-refractivity contribution in [2.24, 2.45) is 10.7 Å². The maximum absolute atomic E-state index is 6.05. The van der Waals surface area contributed by atoms with E-state index in [1.807, 2.05) is 54.7 Å². The summed E-state index contributed by atoms with van der Waals surface area (Å²) in [4.78, 5) is 7.60. The molecule has 0 aliphatic carbocycles. The Morgan fingerprint density at radius 2 is 1.96 bits per heavy atom. The van der Waals surface area contributed by atoms with E-state index < -0.39 is 0 Å². The van der Waals surface area contributed by atoms with Gasteiger partial charge in [0.15, 0.2) is 5.96 Å². The maximum Gasteiger partial charge on any atom is 0.193 e. The first-order chi connectivity index (χ1) is 10.7. The van der Waals surface area contributed by atoms with Crippen molar-refractivity contribution in [3.05, 3.63) is 65.3 Å². The van der Waals surface area contributed by atoms with Crippen molar-refractivity contribution in [2.75, 3.05) is 11.9 Å². The minimum absolute atomic E-state index is 0. The fraction of sp³-hybridized carbons (Fsp3) is 0.118. The summed E-state index contributed by atoms with van der Waals surface area (Å²) >= 11 is 6.05. The van der Waals surface area contributed by atoms with Crippen LogP contribution in [-0.4, -0.2) is 17.5 Å². The lowest BCUT2D eigenvalue weighted by molar-refractivity contribution is 0.972. The molecule has 1 aromatic heterocycles. The summed E-state index contributed by atoms with van der Waals surface area (Å²) in [6, 6.07) is 15.6. The van der Waals surface area contributed by atoms with Crippen molar-refractivity contribution in [3.8, 4) is 0 Å². The van der Waals surface area contributed by atoms with Crippen molar-refractivity contribution in [1.29, 1.82) is 0 Å². The van der Waals surface area contributed by atoms with Gasteiger partial charge in [0, 0.05) is 34.4 Å². The van der Waals surface area contributed by atoms with Gasteiger partial charge in [-0.1, -0.05) is 29.8 Å². The standard InChI is InChI=1S/C17H17ClN4.HI/c18-13-6-7-16-15(10-13)12(11-21-16)8-9-20-17(19)22-14-4-2-1-3-5-14;/h1-7,10-11,21H,8-9H2,(H3,19,20,22);1H. The number of fused-ring (bicyclic) bond motifs is 1. The third-order valence-corrected chi connectivity index (χ3v) is 3.67. The van der Waals surface area contributed by atoms with Gasteiger partial charge in [-0.05, 0) is 42.3 Å². The molecule has 0 bridgehead atoms. The Morgan fingerprint density at radius 1 is 1.17 bits per heavy atom. The Labute approximate surface area is 157 Å². The average Bonchev–Trinajstić information content (AvgIpc) is 2.91. The smallest absolute Gasteiger partial charge is 0.193 e. The Morgan fingerprint density at radius 3 is 2.74 bits per heavy atom. The van der Waals surface area contributed by atoms with Gasteiger partial charge in [0.1, 0.15) is 0 Å². The van der Waals surface area contributed by atoms with Gasteiger partial charge in [-0.25, -0.2) is 0 Å². The summed E-state index contributed by atoms with van der Waals surface area (Å²) in [6.07, 6.45) is 2.80. The van der Waals surface area contributed by atoms with Crippen molar-refractivity contribution >= 4 is 58.1 Å². The van der Waals surface area contributed by atoms with Crippen LogP contribution in [0.15, 0.2) is 59.7 Å². The fourth-order valence-corrected chi connectivity index (χ4v) is 2.54. The van der Waals surface area contributed by atoms with E-state index in [2.05, 4.69) is 15.3 Å². The van der Waals surface area contributed by atoms with Crippen LogP contribution >= 0.6 is 35.6 Å². The van der Waals surface area contributed by atoms with Gasteiger partial charge in [-0.2, -0.15) is 0 Å². The quantitative estimate of drug-likeness (QED) is 0.320. The van der Waals surface area contributed by atoms with E-state index in [0.717, 1.165) is 28.0 Å². The molecule has 4 nitrogen and oxygen atoms in total. The number of aromatic amines is 1. The minimum atomic E-state index is 0. The first-order valence-corrected chi connectivity index (χ1v) is 7.48. The number of anilines is 1. The number of para-hydroxylation sites is 1. The molecule has 6 heteroatoms. The Kier molecular flexibility index (Phi) is 6.29. The zero-order chi connectivity index (χ0) is 15.4. The third-order valence-electron chi connectivity index (χ3n) is 3.44. The predicted molar refractivity (Wildman–Crippen MR) is 109 cm³/mol. The Hall–Kier alpha value is -1.73. The molecule has 0 saturated carbocycles. The van der Waals surface area contributed by atoms with Gasteiger partial charge < -0.3 is 16.0 Å². The van der Waals surface area contributed by atoms with Crippen LogP contribution in [0.3, 0.4) is 0 Å². The second-order valence-corrected chi connectivity index (χ2v) is 5.45. The second-order valence-electron chi connectivity index (χ2n) is 5.01. The van der Waals surface area contributed by atoms with E-state index in [4.69, 9.17) is 17.3 Å². The van der Waals surface area contributed by atoms with E-state index in [0.29, 0.717) is 12.5 Å². The molecule has 3 rings (SSSR count). The number of aliphatic imine (C=N–C) groups is 1. The molecular formula is C17H18ClIN4. The summed E-state index contributed by atoms with van der Waals surface area (Å²) in [6.45, 7) is 0.616. The highest BCUT2D eigenvalue weighted by molar-refractivity contribution is 14.0. The number of hydrogen-bond donors (Lipinski definition) is 3. The third kappa shape index (κ3) is 4.62. The van der Waals surface area contributed by atoms with Gasteiger partial charge in [-0.15, -0.1) is 24.0 Å². The normalized spacial score (nSPS) is 11.3. The number of nitrogens with one attached hydrogen (secondary N) is 2. The molecule has 0 spiro atoms. The topological polar surface area (TPSA) is 66.2 Å². The number of aromatic nitrogens is 1. The number of H-pyrrole nitrogens is 1. The van der Waals surface area contributed by atoms with E-state index in [1.54, 1.807) is 0 Å². The Bertz CT molecular complexity index is 799. The predicted octanol–water partition coefficient (Wildman–Crippen LogP) is 4.41. The molecule has 4 N–H and O–H groups in total. The average molecular weight is 441 g/mol. The van der Waals surface area contributed by atoms with E-state index in [1.165, 1.54) is 5.56 Å². The number of halogens is 2. The lowest BCUT2D eigenvalue weighted by Gasteiger charge is -2.05. The van der Waals surface area contributed by atoms with Gasteiger partial charge in [-0.3, -0.25) is 4.99 Å². The largest absolute Gasteiger partial charge is 0.370 e. The van der Waals surface area contributed by atoms with E-state index >= 15 is 0 Å². The maximum atomic E-state index is 6.05. The van der Waals surface area contributed by atoms with Crippen molar-refractivity contribution in [1.82, 2.24) is 4.98 Å². The highest BCUT2D eigenvalue weighted by Gasteiger charge is 2.04. The summed E-state index contributed by atoms with van der Waals surface area (Å²) in [5, 5.41) is 4.94. The number of nitrogens with two attached hydrogens (primary N) is 1. The van der Waals surface area contributed by atoms with Crippen molar-refractivity contribution < 1.29 is 0 Å².